The number of rotatable bonds is 3. The summed E-state index contributed by atoms with van der Waals surface area (Å²) < 4.78 is 0. The van der Waals surface area contributed by atoms with Crippen LogP contribution < -0.4 is 0 Å². The number of amides is 1. The van der Waals surface area contributed by atoms with Crippen LogP contribution in [0, 0.1) is 6.92 Å². The number of aryl methyl sites for hydroxylation is 1. The fraction of sp³-hybridized carbons (Fsp3) is 0.368. The Morgan fingerprint density at radius 3 is 2.54 bits per heavy atom. The summed E-state index contributed by atoms with van der Waals surface area (Å²) in [5.74, 6) is 0.0807. The zero-order valence-corrected chi connectivity index (χ0v) is 14.5. The van der Waals surface area contributed by atoms with Gasteiger partial charge < -0.3 is 10.0 Å². The largest absolute Gasteiger partial charge is 0.383 e. The van der Waals surface area contributed by atoms with Gasteiger partial charge in [0, 0.05) is 24.3 Å². The van der Waals surface area contributed by atoms with Crippen LogP contribution >= 0.6 is 11.6 Å². The highest BCUT2D eigenvalue weighted by molar-refractivity contribution is 6.30. The Hall–Kier alpha value is -1.91. The van der Waals surface area contributed by atoms with Gasteiger partial charge in [-0.2, -0.15) is 0 Å². The highest BCUT2D eigenvalue weighted by atomic mass is 35.5. The molecule has 0 radical (unpaired) electrons. The number of benzene rings is 1. The number of piperidine rings is 1. The number of carbonyl (C=O) groups is 1. The van der Waals surface area contributed by atoms with Gasteiger partial charge in [-0.3, -0.25) is 9.78 Å². The molecule has 0 atom stereocenters. The van der Waals surface area contributed by atoms with E-state index in [1.165, 1.54) is 0 Å². The third-order valence-corrected chi connectivity index (χ3v) is 4.91. The van der Waals surface area contributed by atoms with Crippen LogP contribution in [0.15, 0.2) is 42.6 Å². The van der Waals surface area contributed by atoms with Crippen LogP contribution in [0.3, 0.4) is 0 Å². The number of hydrogen-bond donors (Lipinski definition) is 1. The molecule has 3 rings (SSSR count). The average Bonchev–Trinajstić information content (AvgIpc) is 2.58. The number of aliphatic hydroxyl groups is 1. The molecule has 1 N–H and O–H groups in total. The molecule has 2 aromatic rings. The first-order valence-corrected chi connectivity index (χ1v) is 8.52. The number of halogens is 1. The summed E-state index contributed by atoms with van der Waals surface area (Å²) >= 11 is 5.87. The van der Waals surface area contributed by atoms with Gasteiger partial charge in [0.15, 0.2) is 0 Å². The maximum atomic E-state index is 12.5. The molecule has 4 nitrogen and oxygen atoms in total. The van der Waals surface area contributed by atoms with Crippen LogP contribution in [0.25, 0.3) is 0 Å². The zero-order chi connectivity index (χ0) is 17.2. The van der Waals surface area contributed by atoms with Crippen LogP contribution in [0.2, 0.25) is 5.02 Å². The number of pyridine rings is 1. The van der Waals surface area contributed by atoms with E-state index in [1.54, 1.807) is 18.3 Å². The molecule has 0 saturated carbocycles. The van der Waals surface area contributed by atoms with Crippen LogP contribution in [-0.4, -0.2) is 34.0 Å². The topological polar surface area (TPSA) is 53.4 Å². The maximum Gasteiger partial charge on any atom is 0.226 e. The summed E-state index contributed by atoms with van der Waals surface area (Å²) in [6.45, 7) is 3.04. The van der Waals surface area contributed by atoms with Gasteiger partial charge in [0.2, 0.25) is 5.91 Å². The van der Waals surface area contributed by atoms with Crippen LogP contribution in [0.5, 0.6) is 0 Å². The number of likely N-dealkylation sites (tertiary alicyclic amines) is 1. The lowest BCUT2D eigenvalue weighted by Gasteiger charge is -2.38. The van der Waals surface area contributed by atoms with Crippen molar-refractivity contribution in [1.29, 1.82) is 0 Å². The van der Waals surface area contributed by atoms with Crippen molar-refractivity contribution in [2.75, 3.05) is 13.1 Å². The summed E-state index contributed by atoms with van der Waals surface area (Å²) in [6, 6.07) is 11.2. The van der Waals surface area contributed by atoms with E-state index >= 15 is 0 Å². The lowest BCUT2D eigenvalue weighted by Crippen LogP contribution is -2.46. The molecular weight excluding hydrogens is 324 g/mol. The molecule has 2 heterocycles. The number of carbonyl (C=O) groups excluding carboxylic acids is 1. The second kappa shape index (κ2) is 6.91. The van der Waals surface area contributed by atoms with E-state index in [0.29, 0.717) is 37.4 Å². The van der Waals surface area contributed by atoms with E-state index in [1.807, 2.05) is 36.1 Å². The van der Waals surface area contributed by atoms with E-state index in [9.17, 15) is 9.90 Å². The van der Waals surface area contributed by atoms with Crippen LogP contribution in [-0.2, 0) is 16.8 Å². The Kier molecular flexibility index (Phi) is 4.88. The SMILES string of the molecule is Cc1cccnc1C1(O)CCN(C(=O)Cc2ccc(Cl)cc2)CC1. The molecule has 1 aliphatic rings. The zero-order valence-electron chi connectivity index (χ0n) is 13.7. The molecule has 1 aliphatic heterocycles. The van der Waals surface area contributed by atoms with Gasteiger partial charge in [-0.25, -0.2) is 0 Å². The summed E-state index contributed by atoms with van der Waals surface area (Å²) in [5, 5.41) is 11.6. The predicted molar refractivity (Wildman–Crippen MR) is 93.8 cm³/mol. The minimum atomic E-state index is -0.942. The second-order valence-corrected chi connectivity index (χ2v) is 6.82. The molecule has 0 bridgehead atoms. The van der Waals surface area contributed by atoms with Crippen molar-refractivity contribution in [1.82, 2.24) is 9.88 Å². The normalized spacial score (nSPS) is 16.9. The molecule has 24 heavy (non-hydrogen) atoms. The molecule has 1 fully saturated rings. The van der Waals surface area contributed by atoms with Gasteiger partial charge in [0.05, 0.1) is 12.1 Å². The van der Waals surface area contributed by atoms with Crippen molar-refractivity contribution in [3.63, 3.8) is 0 Å². The first kappa shape index (κ1) is 16.9. The van der Waals surface area contributed by atoms with E-state index in [4.69, 9.17) is 11.6 Å². The fourth-order valence-corrected chi connectivity index (χ4v) is 3.35. The Balaban J connectivity index is 1.63. The molecule has 1 saturated heterocycles. The molecule has 5 heteroatoms. The quantitative estimate of drug-likeness (QED) is 0.930. The van der Waals surface area contributed by atoms with Gasteiger partial charge in [0.25, 0.3) is 0 Å². The lowest BCUT2D eigenvalue weighted by atomic mass is 9.85. The Bertz CT molecular complexity index is 722. The third kappa shape index (κ3) is 3.60. The molecule has 1 amide bonds. The molecule has 0 spiro atoms. The van der Waals surface area contributed by atoms with Gasteiger partial charge >= 0.3 is 0 Å². The van der Waals surface area contributed by atoms with Gasteiger partial charge in [-0.1, -0.05) is 29.8 Å². The third-order valence-electron chi connectivity index (χ3n) is 4.66. The van der Waals surface area contributed by atoms with E-state index in [0.717, 1.165) is 16.8 Å². The predicted octanol–water partition coefficient (Wildman–Crippen LogP) is 3.10. The number of nitrogens with zero attached hydrogens (tertiary/aromatic N) is 2. The minimum absolute atomic E-state index is 0.0807. The van der Waals surface area contributed by atoms with Gasteiger partial charge in [0.1, 0.15) is 5.60 Å². The molecule has 0 aliphatic carbocycles. The van der Waals surface area contributed by atoms with E-state index in [-0.39, 0.29) is 5.91 Å². The maximum absolute atomic E-state index is 12.5. The summed E-state index contributed by atoms with van der Waals surface area (Å²) in [7, 11) is 0. The van der Waals surface area contributed by atoms with Crippen molar-refractivity contribution >= 4 is 17.5 Å². The Morgan fingerprint density at radius 1 is 1.25 bits per heavy atom. The van der Waals surface area contributed by atoms with Gasteiger partial charge in [-0.05, 0) is 49.1 Å². The van der Waals surface area contributed by atoms with Crippen LogP contribution in [0.4, 0.5) is 0 Å². The summed E-state index contributed by atoms with van der Waals surface area (Å²) in [5.41, 5.74) is 1.73. The molecule has 126 valence electrons. The number of aromatic nitrogens is 1. The highest BCUT2D eigenvalue weighted by Crippen LogP contribution is 2.33. The van der Waals surface area contributed by atoms with Crippen molar-refractivity contribution in [2.24, 2.45) is 0 Å². The van der Waals surface area contributed by atoms with Crippen molar-refractivity contribution < 1.29 is 9.90 Å². The van der Waals surface area contributed by atoms with Crippen molar-refractivity contribution in [3.8, 4) is 0 Å². The van der Waals surface area contributed by atoms with E-state index < -0.39 is 5.60 Å². The molecule has 1 aromatic carbocycles. The highest BCUT2D eigenvalue weighted by Gasteiger charge is 2.37. The van der Waals surface area contributed by atoms with E-state index in [2.05, 4.69) is 4.98 Å². The van der Waals surface area contributed by atoms with Crippen molar-refractivity contribution in [3.05, 3.63) is 64.4 Å². The first-order chi connectivity index (χ1) is 11.5. The van der Waals surface area contributed by atoms with Gasteiger partial charge in [-0.15, -0.1) is 0 Å². The van der Waals surface area contributed by atoms with Crippen LogP contribution in [0.1, 0.15) is 29.7 Å². The number of hydrogen-bond acceptors (Lipinski definition) is 3. The summed E-state index contributed by atoms with van der Waals surface area (Å²) in [6.07, 6.45) is 3.09. The molecule has 1 aromatic heterocycles. The molecule has 0 unspecified atom stereocenters. The first-order valence-electron chi connectivity index (χ1n) is 8.15. The Labute approximate surface area is 147 Å². The second-order valence-electron chi connectivity index (χ2n) is 6.38. The average molecular weight is 345 g/mol. The fourth-order valence-electron chi connectivity index (χ4n) is 3.22. The molecular formula is C19H21ClN2O2. The Morgan fingerprint density at radius 2 is 1.92 bits per heavy atom. The minimum Gasteiger partial charge on any atom is -0.383 e. The summed E-state index contributed by atoms with van der Waals surface area (Å²) in [4.78, 5) is 18.6. The lowest BCUT2D eigenvalue weighted by molar-refractivity contribution is -0.135. The smallest absolute Gasteiger partial charge is 0.226 e. The van der Waals surface area contributed by atoms with Crippen molar-refractivity contribution in [2.45, 2.75) is 31.8 Å². The standard InChI is InChI=1S/C19H21ClN2O2/c1-14-3-2-10-21-18(14)19(24)8-11-22(12-9-19)17(23)13-15-4-6-16(20)7-5-15/h2-7,10,24H,8-9,11-13H2,1H3. The monoisotopic (exact) mass is 344 g/mol.